The van der Waals surface area contributed by atoms with Crippen molar-refractivity contribution in [3.63, 3.8) is 0 Å². The molecule has 0 saturated carbocycles. The summed E-state index contributed by atoms with van der Waals surface area (Å²) >= 11 is 0. The third-order valence-corrected chi connectivity index (χ3v) is 5.89. The Hall–Kier alpha value is -3.68. The Morgan fingerprint density at radius 2 is 1.97 bits per heavy atom. The maximum Gasteiger partial charge on any atom is 0.263 e. The molecule has 1 aromatic carbocycles. The number of aryl methyl sites for hydroxylation is 3. The van der Waals surface area contributed by atoms with E-state index in [9.17, 15) is 14.4 Å². The van der Waals surface area contributed by atoms with Gasteiger partial charge in [-0.05, 0) is 62.4 Å². The molecule has 8 heteroatoms. The van der Waals surface area contributed by atoms with E-state index in [-0.39, 0.29) is 29.9 Å². The summed E-state index contributed by atoms with van der Waals surface area (Å²) in [5.74, 6) is 0.104. The molecular formula is C24H26N4O4. The third-order valence-electron chi connectivity index (χ3n) is 5.89. The first kappa shape index (κ1) is 21.5. The number of rotatable bonds is 5. The van der Waals surface area contributed by atoms with Gasteiger partial charge in [0.1, 0.15) is 17.9 Å². The van der Waals surface area contributed by atoms with Crippen LogP contribution in [0.15, 0.2) is 51.9 Å². The van der Waals surface area contributed by atoms with Gasteiger partial charge in [0, 0.05) is 18.8 Å². The number of likely N-dealkylation sites (tertiary alicyclic amines) is 1. The number of anilines is 1. The van der Waals surface area contributed by atoms with Crippen molar-refractivity contribution in [3.8, 4) is 0 Å². The van der Waals surface area contributed by atoms with Crippen LogP contribution in [0.5, 0.6) is 0 Å². The number of carbonyl (C=O) groups excluding carboxylic acids is 2. The molecule has 0 spiro atoms. The van der Waals surface area contributed by atoms with Gasteiger partial charge >= 0.3 is 0 Å². The molecule has 2 amide bonds. The largest absolute Gasteiger partial charge is 0.360 e. The van der Waals surface area contributed by atoms with E-state index < -0.39 is 11.5 Å². The highest BCUT2D eigenvalue weighted by Gasteiger charge is 2.32. The summed E-state index contributed by atoms with van der Waals surface area (Å²) in [5.41, 5.74) is 3.03. The van der Waals surface area contributed by atoms with Gasteiger partial charge in [-0.3, -0.25) is 14.4 Å². The second kappa shape index (κ2) is 8.82. The molecule has 2 aromatic heterocycles. The average molecular weight is 434 g/mol. The van der Waals surface area contributed by atoms with Crippen LogP contribution in [0.1, 0.15) is 51.7 Å². The molecule has 1 aliphatic heterocycles. The fourth-order valence-corrected chi connectivity index (χ4v) is 4.07. The summed E-state index contributed by atoms with van der Waals surface area (Å²) in [7, 11) is 0. The van der Waals surface area contributed by atoms with Gasteiger partial charge in [0.05, 0.1) is 6.04 Å². The van der Waals surface area contributed by atoms with E-state index >= 15 is 0 Å². The van der Waals surface area contributed by atoms with Crippen molar-refractivity contribution < 1.29 is 14.1 Å². The molecule has 3 aromatic rings. The number of benzene rings is 1. The molecule has 0 radical (unpaired) electrons. The molecule has 0 bridgehead atoms. The van der Waals surface area contributed by atoms with Crippen LogP contribution in [-0.2, 0) is 11.3 Å². The van der Waals surface area contributed by atoms with Crippen LogP contribution in [0, 0.1) is 20.8 Å². The molecule has 0 aliphatic carbocycles. The lowest BCUT2D eigenvalue weighted by molar-refractivity contribution is -0.116. The van der Waals surface area contributed by atoms with Gasteiger partial charge in [-0.2, -0.15) is 0 Å². The molecule has 1 fully saturated rings. The second-order valence-corrected chi connectivity index (χ2v) is 8.23. The Bertz CT molecular complexity index is 1230. The molecule has 32 heavy (non-hydrogen) atoms. The summed E-state index contributed by atoms with van der Waals surface area (Å²) in [4.78, 5) is 40.4. The van der Waals surface area contributed by atoms with Gasteiger partial charge < -0.3 is 19.3 Å². The number of aromatic nitrogens is 2. The third kappa shape index (κ3) is 4.34. The molecule has 3 heterocycles. The van der Waals surface area contributed by atoms with Crippen LogP contribution in [-0.4, -0.2) is 33.0 Å². The van der Waals surface area contributed by atoms with Gasteiger partial charge in [-0.25, -0.2) is 0 Å². The minimum absolute atomic E-state index is 0.0615. The fourth-order valence-electron chi connectivity index (χ4n) is 4.07. The number of nitrogens with zero attached hydrogens (tertiary/aromatic N) is 3. The van der Waals surface area contributed by atoms with Crippen LogP contribution in [0.3, 0.4) is 0 Å². The van der Waals surface area contributed by atoms with Crippen LogP contribution in [0.4, 0.5) is 5.82 Å². The van der Waals surface area contributed by atoms with Crippen molar-refractivity contribution in [2.45, 2.75) is 46.2 Å². The first-order chi connectivity index (χ1) is 15.3. The Morgan fingerprint density at radius 1 is 1.16 bits per heavy atom. The van der Waals surface area contributed by atoms with E-state index in [4.69, 9.17) is 4.52 Å². The van der Waals surface area contributed by atoms with Crippen molar-refractivity contribution in [3.05, 3.63) is 81.0 Å². The van der Waals surface area contributed by atoms with Crippen molar-refractivity contribution >= 4 is 17.6 Å². The number of nitrogens with one attached hydrogen (secondary N) is 1. The predicted molar refractivity (Wildman–Crippen MR) is 119 cm³/mol. The number of pyridine rings is 1. The van der Waals surface area contributed by atoms with Gasteiger partial charge in [-0.1, -0.05) is 23.4 Å². The summed E-state index contributed by atoms with van der Waals surface area (Å²) in [6.45, 7) is 6.19. The Morgan fingerprint density at radius 3 is 2.69 bits per heavy atom. The maximum absolute atomic E-state index is 13.3. The molecule has 1 saturated heterocycles. The Balaban J connectivity index is 1.54. The maximum atomic E-state index is 13.3. The van der Waals surface area contributed by atoms with Gasteiger partial charge in [0.25, 0.3) is 11.5 Å². The number of amides is 2. The minimum atomic E-state index is -0.491. The first-order valence-corrected chi connectivity index (χ1v) is 10.6. The van der Waals surface area contributed by atoms with E-state index in [2.05, 4.69) is 42.5 Å². The molecule has 8 nitrogen and oxygen atoms in total. The SMILES string of the molecule is Cc1cc(NC(=O)Cn2cccc(C(=O)N3CCC[C@@H]3c3ccc(C)c(C)c3)c2=O)no1. The molecule has 0 unspecified atom stereocenters. The van der Waals surface area contributed by atoms with Gasteiger partial charge in [0.15, 0.2) is 5.82 Å². The lowest BCUT2D eigenvalue weighted by atomic mass is 9.99. The molecule has 1 aliphatic rings. The van der Waals surface area contributed by atoms with Crippen molar-refractivity contribution in [1.29, 1.82) is 0 Å². The van der Waals surface area contributed by atoms with Crippen LogP contribution in [0.25, 0.3) is 0 Å². The zero-order valence-electron chi connectivity index (χ0n) is 18.4. The molecular weight excluding hydrogens is 408 g/mol. The highest BCUT2D eigenvalue weighted by atomic mass is 16.5. The highest BCUT2D eigenvalue weighted by molar-refractivity contribution is 5.94. The Labute approximate surface area is 185 Å². The topological polar surface area (TPSA) is 97.4 Å². The molecule has 1 N–H and O–H groups in total. The van der Waals surface area contributed by atoms with E-state index in [1.165, 1.54) is 28.0 Å². The van der Waals surface area contributed by atoms with Crippen molar-refractivity contribution in [2.24, 2.45) is 0 Å². The van der Waals surface area contributed by atoms with Gasteiger partial charge in [0.2, 0.25) is 5.91 Å². The van der Waals surface area contributed by atoms with Crippen molar-refractivity contribution in [2.75, 3.05) is 11.9 Å². The number of carbonyl (C=O) groups is 2. The van der Waals surface area contributed by atoms with E-state index in [1.807, 2.05) is 0 Å². The van der Waals surface area contributed by atoms with Crippen LogP contribution < -0.4 is 10.9 Å². The molecule has 166 valence electrons. The second-order valence-electron chi connectivity index (χ2n) is 8.23. The summed E-state index contributed by atoms with van der Waals surface area (Å²) in [6.07, 6.45) is 3.23. The van der Waals surface area contributed by atoms with E-state index in [0.29, 0.717) is 12.3 Å². The fraction of sp³-hybridized carbons (Fsp3) is 0.333. The Kier molecular flexibility index (Phi) is 5.94. The standard InChI is InChI=1S/C24H26N4O4/c1-15-8-9-18(12-16(15)2)20-7-5-11-28(20)24(31)19-6-4-10-27(23(19)30)14-22(29)25-21-13-17(3)32-26-21/h4,6,8-10,12-13,20H,5,7,11,14H2,1-3H3,(H,25,26,29)/t20-/m1/s1. The monoisotopic (exact) mass is 434 g/mol. The normalized spacial score (nSPS) is 15.7. The predicted octanol–water partition coefficient (Wildman–Crippen LogP) is 3.38. The van der Waals surface area contributed by atoms with Crippen molar-refractivity contribution in [1.82, 2.24) is 14.6 Å². The number of hydrogen-bond acceptors (Lipinski definition) is 5. The summed E-state index contributed by atoms with van der Waals surface area (Å²) in [5, 5.41) is 6.29. The zero-order chi connectivity index (χ0) is 22.8. The van der Waals surface area contributed by atoms with Crippen LogP contribution >= 0.6 is 0 Å². The quantitative estimate of drug-likeness (QED) is 0.664. The number of hydrogen-bond donors (Lipinski definition) is 1. The molecule has 1 atom stereocenters. The van der Waals surface area contributed by atoms with Gasteiger partial charge in [-0.15, -0.1) is 0 Å². The molecule has 4 rings (SSSR count). The lowest BCUT2D eigenvalue weighted by Gasteiger charge is -2.25. The average Bonchev–Trinajstić information content (AvgIpc) is 3.40. The summed E-state index contributed by atoms with van der Waals surface area (Å²) in [6, 6.07) is 10.9. The lowest BCUT2D eigenvalue weighted by Crippen LogP contribution is -2.37. The zero-order valence-corrected chi connectivity index (χ0v) is 18.4. The van der Waals surface area contributed by atoms with E-state index in [1.54, 1.807) is 24.0 Å². The van der Waals surface area contributed by atoms with E-state index in [0.717, 1.165) is 18.4 Å². The minimum Gasteiger partial charge on any atom is -0.360 e. The van der Waals surface area contributed by atoms with Crippen LogP contribution in [0.2, 0.25) is 0 Å². The smallest absolute Gasteiger partial charge is 0.263 e. The first-order valence-electron chi connectivity index (χ1n) is 10.6. The highest BCUT2D eigenvalue weighted by Crippen LogP contribution is 2.33. The summed E-state index contributed by atoms with van der Waals surface area (Å²) < 4.78 is 6.16.